The number of amides is 2. The number of aromatic nitrogens is 2. The first-order chi connectivity index (χ1) is 15.8. The Morgan fingerprint density at radius 3 is 2.64 bits per heavy atom. The van der Waals surface area contributed by atoms with Gasteiger partial charge >= 0.3 is 0 Å². The maximum absolute atomic E-state index is 13.1. The molecule has 0 fully saturated rings. The number of anilines is 4. The predicted molar refractivity (Wildman–Crippen MR) is 127 cm³/mol. The molecule has 3 aromatic rings. The first kappa shape index (κ1) is 22.6. The van der Waals surface area contributed by atoms with Gasteiger partial charge in [0.1, 0.15) is 11.6 Å². The summed E-state index contributed by atoms with van der Waals surface area (Å²) in [4.78, 5) is 45.2. The quantitative estimate of drug-likeness (QED) is 0.411. The summed E-state index contributed by atoms with van der Waals surface area (Å²) in [6, 6.07) is 11.7. The van der Waals surface area contributed by atoms with Crippen LogP contribution in [0.2, 0.25) is 10.0 Å². The molecule has 0 spiro atoms. The molecule has 4 rings (SSSR count). The van der Waals surface area contributed by atoms with Crippen LogP contribution in [0.15, 0.2) is 47.3 Å². The highest BCUT2D eigenvalue weighted by Gasteiger charge is 2.35. The van der Waals surface area contributed by atoms with Gasteiger partial charge in [0.2, 0.25) is 17.8 Å². The van der Waals surface area contributed by atoms with Crippen molar-refractivity contribution in [1.29, 1.82) is 0 Å². The number of aromatic amines is 1. The van der Waals surface area contributed by atoms with Crippen LogP contribution < -0.4 is 26.2 Å². The van der Waals surface area contributed by atoms with Crippen LogP contribution in [0.4, 0.5) is 23.1 Å². The molecule has 9 nitrogen and oxygen atoms in total. The molecule has 170 valence electrons. The zero-order chi connectivity index (χ0) is 23.5. The van der Waals surface area contributed by atoms with E-state index in [9.17, 15) is 14.4 Å². The number of hydrogen-bond donors (Lipinski definition) is 4. The van der Waals surface area contributed by atoms with Crippen LogP contribution in [0.5, 0.6) is 5.75 Å². The van der Waals surface area contributed by atoms with E-state index in [2.05, 4.69) is 25.9 Å². The average Bonchev–Trinajstić information content (AvgIpc) is 2.73. The van der Waals surface area contributed by atoms with Gasteiger partial charge in [-0.2, -0.15) is 4.98 Å². The Hall–Kier alpha value is -3.56. The van der Waals surface area contributed by atoms with Crippen LogP contribution in [-0.4, -0.2) is 28.4 Å². The summed E-state index contributed by atoms with van der Waals surface area (Å²) in [5, 5.41) is 8.99. The third-order valence-electron chi connectivity index (χ3n) is 4.84. The van der Waals surface area contributed by atoms with Crippen molar-refractivity contribution < 1.29 is 14.3 Å². The Balaban J connectivity index is 1.64. The maximum atomic E-state index is 13.1. The molecule has 0 radical (unpaired) electrons. The second kappa shape index (κ2) is 9.51. The average molecular weight is 488 g/mol. The normalized spacial score (nSPS) is 14.8. The van der Waals surface area contributed by atoms with Gasteiger partial charge in [-0.15, -0.1) is 0 Å². The van der Waals surface area contributed by atoms with Crippen molar-refractivity contribution in [1.82, 2.24) is 9.97 Å². The molecule has 2 heterocycles. The Morgan fingerprint density at radius 1 is 1.18 bits per heavy atom. The molecular formula is C22H19Cl2N5O4. The molecule has 0 unspecified atom stereocenters. The number of carbonyl (C=O) groups is 2. The minimum absolute atomic E-state index is 0.00358. The Labute approximate surface area is 198 Å². The fourth-order valence-electron chi connectivity index (χ4n) is 3.49. The highest BCUT2D eigenvalue weighted by Crippen LogP contribution is 2.32. The van der Waals surface area contributed by atoms with Gasteiger partial charge in [-0.1, -0.05) is 35.3 Å². The molecule has 0 saturated heterocycles. The molecule has 11 heteroatoms. The first-order valence-corrected chi connectivity index (χ1v) is 10.8. The molecule has 1 aliphatic heterocycles. The summed E-state index contributed by atoms with van der Waals surface area (Å²) in [6.07, 6.45) is -0.197. The molecular weight excluding hydrogens is 469 g/mol. The standard InChI is InChI=1S/C22H19Cl2N5O4/c1-2-33-16-6-4-3-5-15(16)26-20(31)14-10-17(30)27-19-18(14)21(32)29-22(28-19)25-13-8-11(23)7-12(24)9-13/h3-9,14H,2,10H2,1H3,(H,26,31)(H3,25,27,28,29,30,32)/t14-/m1/s1. The smallest absolute Gasteiger partial charge is 0.258 e. The van der Waals surface area contributed by atoms with Crippen LogP contribution >= 0.6 is 23.2 Å². The third kappa shape index (κ3) is 5.10. The lowest BCUT2D eigenvalue weighted by atomic mass is 9.92. The molecule has 33 heavy (non-hydrogen) atoms. The number of H-pyrrole nitrogens is 1. The number of nitrogens with one attached hydrogen (secondary N) is 4. The minimum atomic E-state index is -1.03. The van der Waals surface area contributed by atoms with Crippen molar-refractivity contribution >= 4 is 58.2 Å². The fourth-order valence-corrected chi connectivity index (χ4v) is 4.01. The molecule has 2 aromatic carbocycles. The topological polar surface area (TPSA) is 125 Å². The van der Waals surface area contributed by atoms with Crippen LogP contribution in [-0.2, 0) is 9.59 Å². The molecule has 0 aliphatic carbocycles. The maximum Gasteiger partial charge on any atom is 0.258 e. The lowest BCUT2D eigenvalue weighted by Gasteiger charge is -2.24. The van der Waals surface area contributed by atoms with Gasteiger partial charge in [-0.3, -0.25) is 19.4 Å². The van der Waals surface area contributed by atoms with Crippen molar-refractivity contribution in [2.24, 2.45) is 0 Å². The van der Waals surface area contributed by atoms with Crippen LogP contribution in [0, 0.1) is 0 Å². The van der Waals surface area contributed by atoms with E-state index in [1.165, 1.54) is 0 Å². The molecule has 4 N–H and O–H groups in total. The second-order valence-electron chi connectivity index (χ2n) is 7.18. The second-order valence-corrected chi connectivity index (χ2v) is 8.06. The van der Waals surface area contributed by atoms with E-state index in [1.807, 2.05) is 6.92 Å². The highest BCUT2D eigenvalue weighted by molar-refractivity contribution is 6.35. The molecule has 0 bridgehead atoms. The van der Waals surface area contributed by atoms with E-state index in [4.69, 9.17) is 27.9 Å². The number of ether oxygens (including phenoxy) is 1. The van der Waals surface area contributed by atoms with E-state index in [-0.39, 0.29) is 23.8 Å². The molecule has 0 saturated carbocycles. The van der Waals surface area contributed by atoms with Gasteiger partial charge in [0, 0.05) is 22.2 Å². The fraction of sp³-hybridized carbons (Fsp3) is 0.182. The number of hydrogen-bond acceptors (Lipinski definition) is 6. The summed E-state index contributed by atoms with van der Waals surface area (Å²) in [7, 11) is 0. The van der Waals surface area contributed by atoms with Gasteiger partial charge in [0.15, 0.2) is 0 Å². The van der Waals surface area contributed by atoms with Crippen molar-refractivity contribution in [3.63, 3.8) is 0 Å². The summed E-state index contributed by atoms with van der Waals surface area (Å²) >= 11 is 12.0. The van der Waals surface area contributed by atoms with Gasteiger partial charge in [0.25, 0.3) is 5.56 Å². The summed E-state index contributed by atoms with van der Waals surface area (Å²) < 4.78 is 5.53. The van der Waals surface area contributed by atoms with Crippen molar-refractivity contribution in [2.45, 2.75) is 19.3 Å². The zero-order valence-electron chi connectivity index (χ0n) is 17.4. The predicted octanol–water partition coefficient (Wildman–Crippen LogP) is 4.28. The Kier molecular flexibility index (Phi) is 6.52. The van der Waals surface area contributed by atoms with Gasteiger partial charge < -0.3 is 20.7 Å². The van der Waals surface area contributed by atoms with Crippen molar-refractivity contribution in [2.75, 3.05) is 22.6 Å². The number of fused-ring (bicyclic) bond motifs is 1. The largest absolute Gasteiger partial charge is 0.492 e. The Bertz CT molecular complexity index is 1270. The van der Waals surface area contributed by atoms with E-state index < -0.39 is 23.3 Å². The van der Waals surface area contributed by atoms with Gasteiger partial charge in [0.05, 0.1) is 23.8 Å². The third-order valence-corrected chi connectivity index (χ3v) is 5.27. The summed E-state index contributed by atoms with van der Waals surface area (Å²) in [5.74, 6) is -1.44. The number of rotatable bonds is 6. The zero-order valence-corrected chi connectivity index (χ0v) is 18.9. The van der Waals surface area contributed by atoms with Crippen LogP contribution in [0.3, 0.4) is 0 Å². The van der Waals surface area contributed by atoms with Gasteiger partial charge in [-0.25, -0.2) is 0 Å². The lowest BCUT2D eigenvalue weighted by Crippen LogP contribution is -2.36. The number of para-hydroxylation sites is 2. The van der Waals surface area contributed by atoms with Gasteiger partial charge in [-0.05, 0) is 37.3 Å². The van der Waals surface area contributed by atoms with E-state index in [1.54, 1.807) is 42.5 Å². The molecule has 1 aliphatic rings. The molecule has 1 atom stereocenters. The number of carbonyl (C=O) groups excluding carboxylic acids is 2. The number of benzene rings is 2. The molecule has 2 amide bonds. The highest BCUT2D eigenvalue weighted by atomic mass is 35.5. The minimum Gasteiger partial charge on any atom is -0.492 e. The molecule has 1 aromatic heterocycles. The van der Waals surface area contributed by atoms with E-state index in [0.29, 0.717) is 33.8 Å². The number of nitrogens with zero attached hydrogens (tertiary/aromatic N) is 1. The van der Waals surface area contributed by atoms with Crippen molar-refractivity contribution in [3.05, 3.63) is 68.4 Å². The Morgan fingerprint density at radius 2 is 1.91 bits per heavy atom. The number of halogens is 2. The summed E-state index contributed by atoms with van der Waals surface area (Å²) in [6.45, 7) is 2.24. The van der Waals surface area contributed by atoms with Crippen molar-refractivity contribution in [3.8, 4) is 5.75 Å². The van der Waals surface area contributed by atoms with E-state index in [0.717, 1.165) is 0 Å². The first-order valence-electron chi connectivity index (χ1n) is 10.0. The monoisotopic (exact) mass is 487 g/mol. The van der Waals surface area contributed by atoms with Crippen LogP contribution in [0.25, 0.3) is 0 Å². The van der Waals surface area contributed by atoms with E-state index >= 15 is 0 Å². The van der Waals surface area contributed by atoms with Crippen LogP contribution in [0.1, 0.15) is 24.8 Å². The lowest BCUT2D eigenvalue weighted by molar-refractivity contribution is -0.123. The SMILES string of the molecule is CCOc1ccccc1NC(=O)[C@@H]1CC(=O)Nc2nc(Nc3cc(Cl)cc(Cl)c3)[nH]c(=O)c21. The summed E-state index contributed by atoms with van der Waals surface area (Å²) in [5.41, 5.74) is 0.432.